The van der Waals surface area contributed by atoms with E-state index >= 15 is 0 Å². The van der Waals surface area contributed by atoms with Crippen LogP contribution in [0, 0.1) is 5.82 Å². The van der Waals surface area contributed by atoms with Crippen LogP contribution < -0.4 is 0 Å². The molecule has 0 saturated carbocycles. The largest absolute Gasteiger partial charge is 0.464 e. The Kier molecular flexibility index (Phi) is 5.19. The van der Waals surface area contributed by atoms with Gasteiger partial charge in [0.05, 0.1) is 17.6 Å². The van der Waals surface area contributed by atoms with Crippen molar-refractivity contribution in [2.45, 2.75) is 11.8 Å². The van der Waals surface area contributed by atoms with Gasteiger partial charge >= 0.3 is 11.9 Å². The Labute approximate surface area is 161 Å². The number of esters is 2. The minimum absolute atomic E-state index is 0.0343. The molecule has 0 spiro atoms. The normalized spacial score (nSPS) is 15.0. The Morgan fingerprint density at radius 3 is 2.29 bits per heavy atom. The molecule has 3 rings (SSSR count). The summed E-state index contributed by atoms with van der Waals surface area (Å²) in [4.78, 5) is 24.8. The summed E-state index contributed by atoms with van der Waals surface area (Å²) < 4.78 is 49.9. The van der Waals surface area contributed by atoms with E-state index in [-0.39, 0.29) is 28.3 Å². The first-order chi connectivity index (χ1) is 13.3. The number of halogens is 1. The number of methoxy groups -OCH3 is 1. The summed E-state index contributed by atoms with van der Waals surface area (Å²) in [6.45, 7) is 1.45. The first kappa shape index (κ1) is 19.6. The van der Waals surface area contributed by atoms with Crippen LogP contribution in [0.15, 0.2) is 59.1 Å². The van der Waals surface area contributed by atoms with Gasteiger partial charge in [-0.25, -0.2) is 22.4 Å². The lowest BCUT2D eigenvalue weighted by molar-refractivity contribution is -0.137. The molecule has 0 aromatic heterocycles. The van der Waals surface area contributed by atoms with Crippen molar-refractivity contribution >= 4 is 27.7 Å². The Hall–Kier alpha value is -3.20. The van der Waals surface area contributed by atoms with E-state index in [2.05, 4.69) is 0 Å². The number of benzene rings is 2. The van der Waals surface area contributed by atoms with Crippen LogP contribution >= 0.6 is 0 Å². The van der Waals surface area contributed by atoms with Crippen molar-refractivity contribution in [1.29, 1.82) is 0 Å². The molecule has 9 heteroatoms. The van der Waals surface area contributed by atoms with Gasteiger partial charge in [-0.15, -0.1) is 0 Å². The summed E-state index contributed by atoms with van der Waals surface area (Å²) in [5, 5.41) is 0. The predicted molar refractivity (Wildman–Crippen MR) is 96.8 cm³/mol. The zero-order valence-electron chi connectivity index (χ0n) is 15.0. The molecule has 1 aliphatic heterocycles. The lowest BCUT2D eigenvalue weighted by atomic mass is 10.1. The average molecular weight is 405 g/mol. The summed E-state index contributed by atoms with van der Waals surface area (Å²) in [6.07, 6.45) is 0. The third kappa shape index (κ3) is 3.24. The standard InChI is InChI=1S/C19H16FNO6S/c1-3-21-16(19(23)26-2)17(14-6-4-5-7-15(14)28(21,24)25)27-18(22)12-8-10-13(20)11-9-12/h4-11H,3H2,1-2H3. The van der Waals surface area contributed by atoms with Gasteiger partial charge in [-0.05, 0) is 43.3 Å². The Bertz CT molecular complexity index is 1080. The number of carbonyl (C=O) groups is 2. The summed E-state index contributed by atoms with van der Waals surface area (Å²) in [7, 11) is -2.95. The minimum atomic E-state index is -4.04. The third-order valence-corrected chi connectivity index (χ3v) is 6.04. The third-order valence-electron chi connectivity index (χ3n) is 4.10. The first-order valence-corrected chi connectivity index (χ1v) is 9.67. The van der Waals surface area contributed by atoms with Crippen molar-refractivity contribution in [3.05, 3.63) is 71.2 Å². The minimum Gasteiger partial charge on any atom is -0.464 e. The number of nitrogens with zero attached hydrogens (tertiary/aromatic N) is 1. The van der Waals surface area contributed by atoms with Gasteiger partial charge in [0.25, 0.3) is 10.0 Å². The van der Waals surface area contributed by atoms with Crippen LogP contribution in [0.4, 0.5) is 4.39 Å². The maximum absolute atomic E-state index is 13.1. The number of carbonyl (C=O) groups excluding carboxylic acids is 2. The lowest BCUT2D eigenvalue weighted by Crippen LogP contribution is -2.39. The van der Waals surface area contributed by atoms with Crippen molar-refractivity contribution in [2.24, 2.45) is 0 Å². The summed E-state index contributed by atoms with van der Waals surface area (Å²) in [5.41, 5.74) is -0.311. The number of likely N-dealkylation sites (N-methyl/N-ethyl adjacent to an activating group) is 1. The molecule has 28 heavy (non-hydrogen) atoms. The number of sulfonamides is 1. The molecule has 0 radical (unpaired) electrons. The van der Waals surface area contributed by atoms with E-state index in [1.54, 1.807) is 6.07 Å². The number of hydrogen-bond acceptors (Lipinski definition) is 6. The van der Waals surface area contributed by atoms with Gasteiger partial charge in [-0.1, -0.05) is 12.1 Å². The Morgan fingerprint density at radius 2 is 1.68 bits per heavy atom. The topological polar surface area (TPSA) is 90.0 Å². The quantitative estimate of drug-likeness (QED) is 0.727. The second-order valence-electron chi connectivity index (χ2n) is 5.73. The molecule has 1 heterocycles. The highest BCUT2D eigenvalue weighted by Gasteiger charge is 2.41. The number of hydrogen-bond donors (Lipinski definition) is 0. The zero-order chi connectivity index (χ0) is 20.5. The van der Waals surface area contributed by atoms with E-state index < -0.39 is 33.5 Å². The van der Waals surface area contributed by atoms with Crippen LogP contribution in [0.3, 0.4) is 0 Å². The van der Waals surface area contributed by atoms with Crippen molar-refractivity contribution in [1.82, 2.24) is 4.31 Å². The Balaban J connectivity index is 2.20. The maximum Gasteiger partial charge on any atom is 0.359 e. The van der Waals surface area contributed by atoms with Crippen LogP contribution in [0.25, 0.3) is 5.76 Å². The van der Waals surface area contributed by atoms with E-state index in [1.807, 2.05) is 0 Å². The van der Waals surface area contributed by atoms with Gasteiger partial charge in [0.2, 0.25) is 0 Å². The van der Waals surface area contributed by atoms with Crippen LogP contribution in [-0.4, -0.2) is 38.3 Å². The first-order valence-electron chi connectivity index (χ1n) is 8.23. The molecule has 0 aliphatic carbocycles. The number of ether oxygens (including phenoxy) is 2. The highest BCUT2D eigenvalue weighted by molar-refractivity contribution is 7.89. The smallest absolute Gasteiger partial charge is 0.359 e. The van der Waals surface area contributed by atoms with Gasteiger partial charge in [0.15, 0.2) is 11.5 Å². The molecule has 0 atom stereocenters. The average Bonchev–Trinajstić information content (AvgIpc) is 2.69. The molecule has 0 unspecified atom stereocenters. The zero-order valence-corrected chi connectivity index (χ0v) is 15.8. The predicted octanol–water partition coefficient (Wildman–Crippen LogP) is 2.55. The summed E-state index contributed by atoms with van der Waals surface area (Å²) in [6, 6.07) is 10.5. The fourth-order valence-electron chi connectivity index (χ4n) is 2.82. The molecule has 7 nitrogen and oxygen atoms in total. The second-order valence-corrected chi connectivity index (χ2v) is 7.56. The molecule has 2 aromatic carbocycles. The SMILES string of the molecule is CCN1C(C(=O)OC)=C(OC(=O)c2ccc(F)cc2)c2ccccc2S1(=O)=O. The number of rotatable bonds is 4. The van der Waals surface area contributed by atoms with Crippen molar-refractivity contribution in [2.75, 3.05) is 13.7 Å². The molecule has 146 valence electrons. The molecule has 1 aliphatic rings. The fourth-order valence-corrected chi connectivity index (χ4v) is 4.48. The Morgan fingerprint density at radius 1 is 1.04 bits per heavy atom. The van der Waals surface area contributed by atoms with Crippen LogP contribution in [0.1, 0.15) is 22.8 Å². The van der Waals surface area contributed by atoms with Gasteiger partial charge in [-0.2, -0.15) is 0 Å². The van der Waals surface area contributed by atoms with Crippen molar-refractivity contribution in [3.8, 4) is 0 Å². The highest BCUT2D eigenvalue weighted by Crippen LogP contribution is 2.38. The molecule has 0 bridgehead atoms. The molecule has 0 saturated heterocycles. The molecule has 2 aromatic rings. The summed E-state index contributed by atoms with van der Waals surface area (Å²) in [5.74, 6) is -2.62. The summed E-state index contributed by atoms with van der Waals surface area (Å²) >= 11 is 0. The van der Waals surface area contributed by atoms with Gasteiger partial charge < -0.3 is 9.47 Å². The molecule has 0 N–H and O–H groups in total. The molecular weight excluding hydrogens is 389 g/mol. The van der Waals surface area contributed by atoms with E-state index in [9.17, 15) is 22.4 Å². The lowest BCUT2D eigenvalue weighted by Gasteiger charge is -2.31. The molecular formula is C19H16FNO6S. The van der Waals surface area contributed by atoms with Crippen LogP contribution in [0.5, 0.6) is 0 Å². The van der Waals surface area contributed by atoms with Gasteiger partial charge in [0, 0.05) is 12.1 Å². The maximum atomic E-state index is 13.1. The molecule has 0 amide bonds. The second kappa shape index (κ2) is 7.43. The van der Waals surface area contributed by atoms with E-state index in [0.29, 0.717) is 0 Å². The van der Waals surface area contributed by atoms with Crippen LogP contribution in [0.2, 0.25) is 0 Å². The monoisotopic (exact) mass is 405 g/mol. The molecule has 0 fully saturated rings. The van der Waals surface area contributed by atoms with Crippen molar-refractivity contribution in [3.63, 3.8) is 0 Å². The van der Waals surface area contributed by atoms with Gasteiger partial charge in [-0.3, -0.25) is 4.31 Å². The van der Waals surface area contributed by atoms with Gasteiger partial charge in [0.1, 0.15) is 5.82 Å². The van der Waals surface area contributed by atoms with Crippen molar-refractivity contribution < 1.29 is 31.9 Å². The highest BCUT2D eigenvalue weighted by atomic mass is 32.2. The van der Waals surface area contributed by atoms with Crippen LogP contribution in [-0.2, 0) is 24.3 Å². The number of fused-ring (bicyclic) bond motifs is 1. The van der Waals surface area contributed by atoms with E-state index in [0.717, 1.165) is 23.5 Å². The van der Waals surface area contributed by atoms with E-state index in [1.165, 1.54) is 37.3 Å². The van der Waals surface area contributed by atoms with E-state index in [4.69, 9.17) is 9.47 Å². The fraction of sp³-hybridized carbons (Fsp3) is 0.158.